The average molecular weight is 358 g/mol. The van der Waals surface area contributed by atoms with Crippen molar-refractivity contribution >= 4 is 45.6 Å². The lowest BCUT2D eigenvalue weighted by molar-refractivity contribution is -0.119. The summed E-state index contributed by atoms with van der Waals surface area (Å²) < 4.78 is 0. The molecule has 0 aliphatic heterocycles. The van der Waals surface area contributed by atoms with E-state index in [4.69, 9.17) is 23.2 Å². The molecule has 4 nitrogen and oxygen atoms in total. The Morgan fingerprint density at radius 3 is 2.91 bits per heavy atom. The van der Waals surface area contributed by atoms with E-state index in [0.29, 0.717) is 28.1 Å². The fraction of sp³-hybridized carbons (Fsp3) is 0.333. The minimum Gasteiger partial charge on any atom is -0.319 e. The van der Waals surface area contributed by atoms with Crippen molar-refractivity contribution in [3.8, 4) is 0 Å². The Hall–Kier alpha value is -1.14. The second kappa shape index (κ2) is 7.92. The maximum absolute atomic E-state index is 11.9. The number of hydrogen-bond acceptors (Lipinski definition) is 4. The molecule has 2 aromatic rings. The predicted molar refractivity (Wildman–Crippen MR) is 93.1 cm³/mol. The van der Waals surface area contributed by atoms with Crippen LogP contribution in [-0.2, 0) is 11.2 Å². The number of amides is 1. The van der Waals surface area contributed by atoms with E-state index in [2.05, 4.69) is 15.6 Å². The van der Waals surface area contributed by atoms with Gasteiger partial charge in [-0.3, -0.25) is 4.79 Å². The van der Waals surface area contributed by atoms with Crippen LogP contribution in [-0.4, -0.2) is 24.5 Å². The predicted octanol–water partition coefficient (Wildman–Crippen LogP) is 3.83. The third-order valence-electron chi connectivity index (χ3n) is 3.14. The van der Waals surface area contributed by atoms with Gasteiger partial charge >= 0.3 is 0 Å². The number of nitrogens with one attached hydrogen (secondary N) is 2. The van der Waals surface area contributed by atoms with Crippen LogP contribution in [0.25, 0.3) is 0 Å². The van der Waals surface area contributed by atoms with Gasteiger partial charge in [0.05, 0.1) is 10.0 Å². The van der Waals surface area contributed by atoms with Crippen LogP contribution in [0.5, 0.6) is 0 Å². The molecule has 2 rings (SSSR count). The van der Waals surface area contributed by atoms with Crippen LogP contribution in [0.2, 0.25) is 10.0 Å². The van der Waals surface area contributed by atoms with Crippen LogP contribution in [0.3, 0.4) is 0 Å². The van der Waals surface area contributed by atoms with Gasteiger partial charge in [-0.2, -0.15) is 0 Å². The number of aromatic nitrogens is 1. The van der Waals surface area contributed by atoms with Gasteiger partial charge in [-0.25, -0.2) is 4.98 Å². The summed E-state index contributed by atoms with van der Waals surface area (Å²) in [4.78, 5) is 17.2. The quantitative estimate of drug-likeness (QED) is 0.825. The van der Waals surface area contributed by atoms with Crippen LogP contribution >= 0.6 is 34.5 Å². The molecule has 0 spiro atoms. The number of thiazole rings is 1. The summed E-state index contributed by atoms with van der Waals surface area (Å²) in [6.45, 7) is 2.49. The molecule has 0 aliphatic carbocycles. The molecule has 1 aromatic heterocycles. The number of hydrogen-bond donors (Lipinski definition) is 2. The van der Waals surface area contributed by atoms with Crippen LogP contribution in [0, 0.1) is 5.92 Å². The summed E-state index contributed by atoms with van der Waals surface area (Å²) in [5, 5.41) is 7.51. The minimum atomic E-state index is -0.111. The summed E-state index contributed by atoms with van der Waals surface area (Å²) in [5.41, 5.74) is 0.944. The molecule has 1 aromatic carbocycles. The number of anilines is 1. The highest BCUT2D eigenvalue weighted by Gasteiger charge is 2.14. The van der Waals surface area contributed by atoms with Crippen LogP contribution < -0.4 is 10.6 Å². The Morgan fingerprint density at radius 1 is 1.41 bits per heavy atom. The van der Waals surface area contributed by atoms with E-state index in [-0.39, 0.29) is 11.8 Å². The third-order valence-corrected chi connectivity index (χ3v) is 4.91. The molecule has 1 heterocycles. The SMILES string of the molecule is CNCC(C)C(=O)Nc1ncc(Cc2cccc(Cl)c2Cl)s1. The summed E-state index contributed by atoms with van der Waals surface area (Å²) in [6.07, 6.45) is 2.39. The molecule has 7 heteroatoms. The van der Waals surface area contributed by atoms with E-state index in [9.17, 15) is 4.79 Å². The van der Waals surface area contributed by atoms with E-state index < -0.39 is 0 Å². The van der Waals surface area contributed by atoms with Gasteiger partial charge in [-0.1, -0.05) is 42.3 Å². The van der Waals surface area contributed by atoms with Gasteiger partial charge < -0.3 is 10.6 Å². The highest BCUT2D eigenvalue weighted by molar-refractivity contribution is 7.15. The zero-order valence-corrected chi connectivity index (χ0v) is 14.6. The Bertz CT molecular complexity index is 660. The molecular weight excluding hydrogens is 341 g/mol. The zero-order chi connectivity index (χ0) is 16.1. The number of nitrogens with zero attached hydrogens (tertiary/aromatic N) is 1. The van der Waals surface area contributed by atoms with Crippen molar-refractivity contribution in [3.63, 3.8) is 0 Å². The molecule has 1 atom stereocenters. The second-order valence-corrected chi connectivity index (χ2v) is 6.87. The highest BCUT2D eigenvalue weighted by atomic mass is 35.5. The summed E-state index contributed by atoms with van der Waals surface area (Å²) in [6, 6.07) is 5.56. The van der Waals surface area contributed by atoms with Crippen molar-refractivity contribution in [2.24, 2.45) is 5.92 Å². The molecule has 0 bridgehead atoms. The lowest BCUT2D eigenvalue weighted by atomic mass is 10.1. The third kappa shape index (κ3) is 4.43. The van der Waals surface area contributed by atoms with E-state index in [1.165, 1.54) is 11.3 Å². The molecule has 1 amide bonds. The highest BCUT2D eigenvalue weighted by Crippen LogP contribution is 2.29. The lowest BCUT2D eigenvalue weighted by Gasteiger charge is -2.09. The van der Waals surface area contributed by atoms with Crippen LogP contribution in [0.1, 0.15) is 17.4 Å². The first kappa shape index (κ1) is 17.2. The van der Waals surface area contributed by atoms with Crippen molar-refractivity contribution in [1.82, 2.24) is 10.3 Å². The number of benzene rings is 1. The molecule has 0 saturated heterocycles. The average Bonchev–Trinajstić information content (AvgIpc) is 2.91. The summed E-state index contributed by atoms with van der Waals surface area (Å²) in [7, 11) is 1.82. The van der Waals surface area contributed by atoms with Gasteiger partial charge in [-0.05, 0) is 18.7 Å². The van der Waals surface area contributed by atoms with Gasteiger partial charge in [0.2, 0.25) is 5.91 Å². The Kier molecular flexibility index (Phi) is 6.20. The molecule has 2 N–H and O–H groups in total. The Morgan fingerprint density at radius 2 is 2.18 bits per heavy atom. The fourth-order valence-electron chi connectivity index (χ4n) is 1.95. The summed E-state index contributed by atoms with van der Waals surface area (Å²) >= 11 is 13.6. The van der Waals surface area contributed by atoms with Crippen molar-refractivity contribution in [2.75, 3.05) is 18.9 Å². The minimum absolute atomic E-state index is 0.0453. The van der Waals surface area contributed by atoms with E-state index >= 15 is 0 Å². The topological polar surface area (TPSA) is 54.0 Å². The van der Waals surface area contributed by atoms with Gasteiger partial charge in [0, 0.05) is 30.0 Å². The van der Waals surface area contributed by atoms with Crippen molar-refractivity contribution in [2.45, 2.75) is 13.3 Å². The molecule has 1 unspecified atom stereocenters. The molecule has 22 heavy (non-hydrogen) atoms. The fourth-order valence-corrected chi connectivity index (χ4v) is 3.17. The van der Waals surface area contributed by atoms with Gasteiger partial charge in [0.25, 0.3) is 0 Å². The van der Waals surface area contributed by atoms with Crippen molar-refractivity contribution in [3.05, 3.63) is 44.9 Å². The first-order chi connectivity index (χ1) is 10.5. The zero-order valence-electron chi connectivity index (χ0n) is 12.3. The van der Waals surface area contributed by atoms with E-state index in [0.717, 1.165) is 10.4 Å². The molecule has 118 valence electrons. The van der Waals surface area contributed by atoms with Crippen LogP contribution in [0.4, 0.5) is 5.13 Å². The first-order valence-electron chi connectivity index (χ1n) is 6.84. The normalized spacial score (nSPS) is 12.2. The number of rotatable bonds is 6. The number of halogens is 2. The molecular formula is C15H17Cl2N3OS. The van der Waals surface area contributed by atoms with E-state index in [1.54, 1.807) is 12.3 Å². The van der Waals surface area contributed by atoms with E-state index in [1.807, 2.05) is 26.1 Å². The maximum Gasteiger partial charge on any atom is 0.230 e. The van der Waals surface area contributed by atoms with Crippen molar-refractivity contribution in [1.29, 1.82) is 0 Å². The Labute approximate surface area is 143 Å². The van der Waals surface area contributed by atoms with Gasteiger partial charge in [0.15, 0.2) is 5.13 Å². The summed E-state index contributed by atoms with van der Waals surface area (Å²) in [5.74, 6) is -0.157. The Balaban J connectivity index is 2.02. The standard InChI is InChI=1S/C15H17Cl2N3OS/c1-9(7-18-2)14(21)20-15-19-8-11(22-15)6-10-4-3-5-12(16)13(10)17/h3-5,8-9,18H,6-7H2,1-2H3,(H,19,20,21). The van der Waals surface area contributed by atoms with Crippen molar-refractivity contribution < 1.29 is 4.79 Å². The van der Waals surface area contributed by atoms with Crippen LogP contribution in [0.15, 0.2) is 24.4 Å². The number of carbonyl (C=O) groups excluding carboxylic acids is 1. The molecule has 0 aliphatic rings. The molecule has 0 saturated carbocycles. The lowest BCUT2D eigenvalue weighted by Crippen LogP contribution is -2.28. The maximum atomic E-state index is 11.9. The van der Waals surface area contributed by atoms with Gasteiger partial charge in [0.1, 0.15) is 0 Å². The van der Waals surface area contributed by atoms with Gasteiger partial charge in [-0.15, -0.1) is 11.3 Å². The smallest absolute Gasteiger partial charge is 0.230 e. The molecule has 0 radical (unpaired) electrons. The number of carbonyl (C=O) groups is 1. The molecule has 0 fully saturated rings. The largest absolute Gasteiger partial charge is 0.319 e. The first-order valence-corrected chi connectivity index (χ1v) is 8.41. The second-order valence-electron chi connectivity index (χ2n) is 4.97. The monoisotopic (exact) mass is 357 g/mol.